The second kappa shape index (κ2) is 10.4. The lowest BCUT2D eigenvalue weighted by molar-refractivity contribution is -0.130. The Morgan fingerprint density at radius 3 is 2.58 bits per heavy atom. The van der Waals surface area contributed by atoms with E-state index in [1.165, 1.54) is 56.9 Å². The highest BCUT2D eigenvalue weighted by molar-refractivity contribution is 5.13. The summed E-state index contributed by atoms with van der Waals surface area (Å²) in [6.07, 6.45) is 13.9. The van der Waals surface area contributed by atoms with Gasteiger partial charge in [-0.2, -0.15) is 0 Å². The SMILES string of the molecule is CCCC/C=C1\CC(OCC)OC1CCCCCC. The molecule has 2 atom stereocenters. The molecule has 0 radical (unpaired) electrons. The first-order valence-electron chi connectivity index (χ1n) is 8.27. The van der Waals surface area contributed by atoms with Crippen molar-refractivity contribution in [1.82, 2.24) is 0 Å². The van der Waals surface area contributed by atoms with Gasteiger partial charge in [0.25, 0.3) is 0 Å². The molecule has 1 rings (SSSR count). The number of rotatable bonds is 10. The van der Waals surface area contributed by atoms with Crippen molar-refractivity contribution in [3.8, 4) is 0 Å². The highest BCUT2D eigenvalue weighted by Gasteiger charge is 2.29. The van der Waals surface area contributed by atoms with Crippen LogP contribution >= 0.6 is 0 Å². The molecular formula is C17H32O2. The summed E-state index contributed by atoms with van der Waals surface area (Å²) >= 11 is 0. The number of hydrogen-bond donors (Lipinski definition) is 0. The van der Waals surface area contributed by atoms with Gasteiger partial charge in [-0.3, -0.25) is 0 Å². The zero-order valence-corrected chi connectivity index (χ0v) is 13.1. The van der Waals surface area contributed by atoms with Gasteiger partial charge in [0.15, 0.2) is 6.29 Å². The van der Waals surface area contributed by atoms with E-state index in [0.29, 0.717) is 6.10 Å². The van der Waals surface area contributed by atoms with Gasteiger partial charge in [0.2, 0.25) is 0 Å². The van der Waals surface area contributed by atoms with Crippen molar-refractivity contribution in [2.24, 2.45) is 0 Å². The van der Waals surface area contributed by atoms with E-state index in [1.807, 2.05) is 6.92 Å². The van der Waals surface area contributed by atoms with Crippen LogP contribution in [0.25, 0.3) is 0 Å². The highest BCUT2D eigenvalue weighted by Crippen LogP contribution is 2.30. The Kier molecular flexibility index (Phi) is 9.19. The fourth-order valence-electron chi connectivity index (χ4n) is 2.64. The normalized spacial score (nSPS) is 25.3. The van der Waals surface area contributed by atoms with Gasteiger partial charge in [0.05, 0.1) is 6.10 Å². The molecule has 2 heteroatoms. The van der Waals surface area contributed by atoms with Crippen LogP contribution in [0.5, 0.6) is 0 Å². The van der Waals surface area contributed by atoms with Gasteiger partial charge in [-0.05, 0) is 25.3 Å². The second-order valence-corrected chi connectivity index (χ2v) is 5.48. The Morgan fingerprint density at radius 2 is 1.89 bits per heavy atom. The van der Waals surface area contributed by atoms with E-state index in [9.17, 15) is 0 Å². The molecule has 0 bridgehead atoms. The maximum Gasteiger partial charge on any atom is 0.162 e. The fraction of sp³-hybridized carbons (Fsp3) is 0.882. The lowest BCUT2D eigenvalue weighted by Crippen LogP contribution is -2.14. The van der Waals surface area contributed by atoms with Crippen LogP contribution < -0.4 is 0 Å². The molecule has 112 valence electrons. The van der Waals surface area contributed by atoms with Crippen LogP contribution in [0.1, 0.15) is 78.6 Å². The van der Waals surface area contributed by atoms with Crippen LogP contribution in [0.15, 0.2) is 11.6 Å². The molecule has 0 amide bonds. The van der Waals surface area contributed by atoms with Crippen LogP contribution in [0, 0.1) is 0 Å². The van der Waals surface area contributed by atoms with Crippen molar-refractivity contribution >= 4 is 0 Å². The van der Waals surface area contributed by atoms with E-state index in [2.05, 4.69) is 19.9 Å². The lowest BCUT2D eigenvalue weighted by atomic mass is 10.0. The Morgan fingerprint density at radius 1 is 1.11 bits per heavy atom. The van der Waals surface area contributed by atoms with Crippen molar-refractivity contribution in [1.29, 1.82) is 0 Å². The van der Waals surface area contributed by atoms with Crippen molar-refractivity contribution < 1.29 is 9.47 Å². The molecule has 2 nitrogen and oxygen atoms in total. The summed E-state index contributed by atoms with van der Waals surface area (Å²) in [6, 6.07) is 0. The summed E-state index contributed by atoms with van der Waals surface area (Å²) in [5.41, 5.74) is 1.49. The third-order valence-electron chi connectivity index (χ3n) is 3.77. The summed E-state index contributed by atoms with van der Waals surface area (Å²) in [7, 11) is 0. The smallest absolute Gasteiger partial charge is 0.162 e. The molecule has 0 N–H and O–H groups in total. The molecule has 1 aliphatic rings. The monoisotopic (exact) mass is 268 g/mol. The van der Waals surface area contributed by atoms with E-state index in [-0.39, 0.29) is 6.29 Å². The Hall–Kier alpha value is -0.340. The summed E-state index contributed by atoms with van der Waals surface area (Å²) < 4.78 is 11.7. The Balaban J connectivity index is 2.40. The van der Waals surface area contributed by atoms with E-state index < -0.39 is 0 Å². The average molecular weight is 268 g/mol. The maximum absolute atomic E-state index is 6.03. The van der Waals surface area contributed by atoms with Crippen LogP contribution in [0.2, 0.25) is 0 Å². The molecular weight excluding hydrogens is 236 g/mol. The predicted molar refractivity (Wildman–Crippen MR) is 81.3 cm³/mol. The Bertz CT molecular complexity index is 248. The van der Waals surface area contributed by atoms with Gasteiger partial charge in [0, 0.05) is 13.0 Å². The topological polar surface area (TPSA) is 18.5 Å². The van der Waals surface area contributed by atoms with Gasteiger partial charge in [-0.15, -0.1) is 0 Å². The molecule has 2 unspecified atom stereocenters. The zero-order valence-electron chi connectivity index (χ0n) is 13.1. The van der Waals surface area contributed by atoms with Crippen LogP contribution in [0.4, 0.5) is 0 Å². The van der Waals surface area contributed by atoms with E-state index in [4.69, 9.17) is 9.47 Å². The van der Waals surface area contributed by atoms with Crippen molar-refractivity contribution in [2.75, 3.05) is 6.61 Å². The molecule has 0 saturated carbocycles. The Labute approximate surface area is 119 Å². The quantitative estimate of drug-likeness (QED) is 0.399. The minimum atomic E-state index is 0.00838. The lowest BCUT2D eigenvalue weighted by Gasteiger charge is -2.13. The molecule has 1 saturated heterocycles. The first kappa shape index (κ1) is 16.7. The summed E-state index contributed by atoms with van der Waals surface area (Å²) in [5, 5.41) is 0. The number of unbranched alkanes of at least 4 members (excludes halogenated alkanes) is 5. The molecule has 0 aliphatic carbocycles. The summed E-state index contributed by atoms with van der Waals surface area (Å²) in [6.45, 7) is 7.29. The largest absolute Gasteiger partial charge is 0.353 e. The molecule has 0 aromatic carbocycles. The van der Waals surface area contributed by atoms with E-state index >= 15 is 0 Å². The van der Waals surface area contributed by atoms with Gasteiger partial charge in [-0.1, -0.05) is 58.4 Å². The molecule has 19 heavy (non-hydrogen) atoms. The molecule has 1 fully saturated rings. The van der Waals surface area contributed by atoms with E-state index in [1.54, 1.807) is 0 Å². The van der Waals surface area contributed by atoms with Crippen LogP contribution in [-0.4, -0.2) is 19.0 Å². The van der Waals surface area contributed by atoms with Gasteiger partial charge >= 0.3 is 0 Å². The third kappa shape index (κ3) is 6.58. The standard InChI is InChI=1S/C17H32O2/c1-4-7-9-11-13-16-15(12-10-8-5-2)14-17(19-16)18-6-3/h12,16-17H,4-11,13-14H2,1-3H3/b15-12+. The summed E-state index contributed by atoms with van der Waals surface area (Å²) in [5.74, 6) is 0. The predicted octanol–water partition coefficient (Wildman–Crippen LogP) is 5.22. The van der Waals surface area contributed by atoms with E-state index in [0.717, 1.165) is 13.0 Å². The third-order valence-corrected chi connectivity index (χ3v) is 3.77. The number of hydrogen-bond acceptors (Lipinski definition) is 2. The second-order valence-electron chi connectivity index (χ2n) is 5.48. The first-order valence-corrected chi connectivity index (χ1v) is 8.27. The van der Waals surface area contributed by atoms with Gasteiger partial charge in [-0.25, -0.2) is 0 Å². The molecule has 0 aromatic heterocycles. The van der Waals surface area contributed by atoms with Gasteiger partial charge < -0.3 is 9.47 Å². The molecule has 1 heterocycles. The van der Waals surface area contributed by atoms with Crippen molar-refractivity contribution in [3.05, 3.63) is 11.6 Å². The van der Waals surface area contributed by atoms with Crippen LogP contribution in [0.3, 0.4) is 0 Å². The van der Waals surface area contributed by atoms with Crippen molar-refractivity contribution in [3.63, 3.8) is 0 Å². The zero-order chi connectivity index (χ0) is 13.9. The average Bonchev–Trinajstić information content (AvgIpc) is 2.78. The molecule has 0 spiro atoms. The molecule has 0 aromatic rings. The maximum atomic E-state index is 6.03. The first-order chi connectivity index (χ1) is 9.31. The highest BCUT2D eigenvalue weighted by atomic mass is 16.7. The fourth-order valence-corrected chi connectivity index (χ4v) is 2.64. The summed E-state index contributed by atoms with van der Waals surface area (Å²) in [4.78, 5) is 0. The van der Waals surface area contributed by atoms with Crippen molar-refractivity contribution in [2.45, 2.75) is 91.0 Å². The minimum Gasteiger partial charge on any atom is -0.353 e. The minimum absolute atomic E-state index is 0.00838. The number of ether oxygens (including phenoxy) is 2. The number of allylic oxidation sites excluding steroid dienone is 1. The van der Waals surface area contributed by atoms with Crippen LogP contribution in [-0.2, 0) is 9.47 Å². The van der Waals surface area contributed by atoms with Gasteiger partial charge in [0.1, 0.15) is 0 Å². The molecule has 1 aliphatic heterocycles.